The van der Waals surface area contributed by atoms with E-state index in [0.717, 1.165) is 35.5 Å². The van der Waals surface area contributed by atoms with Gasteiger partial charge in [0.2, 0.25) is 15.9 Å². The highest BCUT2D eigenvalue weighted by Crippen LogP contribution is 2.31. The number of rotatable bonds is 8. The van der Waals surface area contributed by atoms with Crippen LogP contribution in [0.5, 0.6) is 5.75 Å². The van der Waals surface area contributed by atoms with Gasteiger partial charge in [-0.25, -0.2) is 8.42 Å². The molecular formula is C25H32N2O4S2. The van der Waals surface area contributed by atoms with Crippen molar-refractivity contribution in [3.63, 3.8) is 0 Å². The number of methoxy groups -OCH3 is 1. The first kappa shape index (κ1) is 24.1. The number of thioether (sulfide) groups is 1. The van der Waals surface area contributed by atoms with E-state index in [2.05, 4.69) is 0 Å². The van der Waals surface area contributed by atoms with Crippen LogP contribution in [-0.4, -0.2) is 60.8 Å². The van der Waals surface area contributed by atoms with Gasteiger partial charge in [0.15, 0.2) is 0 Å². The molecule has 0 spiro atoms. The summed E-state index contributed by atoms with van der Waals surface area (Å²) in [6.07, 6.45) is 3.46. The molecule has 6 nitrogen and oxygen atoms in total. The zero-order chi connectivity index (χ0) is 23.4. The molecule has 2 unspecified atom stereocenters. The molecule has 2 aromatic carbocycles. The molecule has 0 aromatic heterocycles. The van der Waals surface area contributed by atoms with Crippen LogP contribution in [0.25, 0.3) is 0 Å². The molecule has 2 heterocycles. The summed E-state index contributed by atoms with van der Waals surface area (Å²) in [6, 6.07) is 13.9. The first-order valence-electron chi connectivity index (χ1n) is 11.5. The molecule has 0 saturated carbocycles. The fourth-order valence-corrected chi connectivity index (χ4v) is 7.57. The standard InChI is InChI=1S/C25H32N2O4S2/c1-19-11-13-22(14-12-19)33(29,30)27-15-5-9-23(27)25(28)26(18-21-8-6-16-32-21)17-20-7-3-4-10-24(20)31-2/h3-4,7,10-14,21,23H,5-6,8-9,15-18H2,1-2H3. The second kappa shape index (κ2) is 10.5. The molecule has 0 aliphatic carbocycles. The average Bonchev–Trinajstić information content (AvgIpc) is 3.51. The Balaban J connectivity index is 1.60. The van der Waals surface area contributed by atoms with Crippen molar-refractivity contribution in [1.82, 2.24) is 9.21 Å². The Morgan fingerprint density at radius 3 is 2.58 bits per heavy atom. The summed E-state index contributed by atoms with van der Waals surface area (Å²) in [6.45, 7) is 3.33. The van der Waals surface area contributed by atoms with Crippen LogP contribution < -0.4 is 4.74 Å². The molecule has 8 heteroatoms. The second-order valence-electron chi connectivity index (χ2n) is 8.75. The lowest BCUT2D eigenvalue weighted by Crippen LogP contribution is -2.48. The number of carbonyl (C=O) groups excluding carboxylic acids is 1. The molecule has 0 radical (unpaired) electrons. The van der Waals surface area contributed by atoms with Gasteiger partial charge in [-0.3, -0.25) is 4.79 Å². The van der Waals surface area contributed by atoms with Crippen LogP contribution in [0.4, 0.5) is 0 Å². The van der Waals surface area contributed by atoms with E-state index in [1.807, 2.05) is 47.9 Å². The quantitative estimate of drug-likeness (QED) is 0.560. The summed E-state index contributed by atoms with van der Waals surface area (Å²) in [5, 5.41) is 0.382. The van der Waals surface area contributed by atoms with Crippen LogP contribution in [0.15, 0.2) is 53.4 Å². The van der Waals surface area contributed by atoms with E-state index in [1.54, 1.807) is 31.4 Å². The fraction of sp³-hybridized carbons (Fsp3) is 0.480. The third-order valence-corrected chi connectivity index (χ3v) is 9.73. The molecule has 2 atom stereocenters. The van der Waals surface area contributed by atoms with Gasteiger partial charge < -0.3 is 9.64 Å². The van der Waals surface area contributed by atoms with E-state index in [9.17, 15) is 13.2 Å². The molecular weight excluding hydrogens is 456 g/mol. The van der Waals surface area contributed by atoms with Crippen LogP contribution in [0.1, 0.15) is 36.8 Å². The van der Waals surface area contributed by atoms with Gasteiger partial charge in [-0.05, 0) is 56.6 Å². The molecule has 1 amide bonds. The number of benzene rings is 2. The van der Waals surface area contributed by atoms with Gasteiger partial charge in [0.1, 0.15) is 11.8 Å². The Kier molecular flexibility index (Phi) is 7.66. The highest BCUT2D eigenvalue weighted by Gasteiger charge is 2.41. The van der Waals surface area contributed by atoms with E-state index in [-0.39, 0.29) is 10.8 Å². The van der Waals surface area contributed by atoms with E-state index >= 15 is 0 Å². The van der Waals surface area contributed by atoms with Crippen molar-refractivity contribution in [2.75, 3.05) is 26.0 Å². The smallest absolute Gasteiger partial charge is 0.243 e. The van der Waals surface area contributed by atoms with Gasteiger partial charge in [0, 0.05) is 30.4 Å². The zero-order valence-corrected chi connectivity index (χ0v) is 20.9. The van der Waals surface area contributed by atoms with Crippen molar-refractivity contribution < 1.29 is 17.9 Å². The van der Waals surface area contributed by atoms with Crippen molar-refractivity contribution in [2.24, 2.45) is 0 Å². The SMILES string of the molecule is COc1ccccc1CN(CC1CCCS1)C(=O)C1CCCN1S(=O)(=O)c1ccc(C)cc1. The Labute approximate surface area is 201 Å². The number of para-hydroxylation sites is 1. The summed E-state index contributed by atoms with van der Waals surface area (Å²) >= 11 is 1.90. The maximum absolute atomic E-state index is 13.8. The predicted octanol–water partition coefficient (Wildman–Crippen LogP) is 4.08. The van der Waals surface area contributed by atoms with Gasteiger partial charge in [-0.2, -0.15) is 16.1 Å². The Morgan fingerprint density at radius 1 is 1.12 bits per heavy atom. The van der Waals surface area contributed by atoms with Crippen LogP contribution in [0.3, 0.4) is 0 Å². The van der Waals surface area contributed by atoms with Crippen LogP contribution in [0.2, 0.25) is 0 Å². The van der Waals surface area contributed by atoms with Crippen molar-refractivity contribution >= 4 is 27.7 Å². The largest absolute Gasteiger partial charge is 0.496 e. The highest BCUT2D eigenvalue weighted by molar-refractivity contribution is 8.00. The number of amides is 1. The van der Waals surface area contributed by atoms with Gasteiger partial charge >= 0.3 is 0 Å². The Bertz CT molecular complexity index is 1070. The fourth-order valence-electron chi connectivity index (χ4n) is 4.64. The number of sulfonamides is 1. The molecule has 4 rings (SSSR count). The molecule has 178 valence electrons. The molecule has 0 bridgehead atoms. The number of nitrogens with zero attached hydrogens (tertiary/aromatic N) is 2. The van der Waals surface area contributed by atoms with Crippen LogP contribution in [-0.2, 0) is 21.4 Å². The lowest BCUT2D eigenvalue weighted by molar-refractivity contribution is -0.135. The predicted molar refractivity (Wildman–Crippen MR) is 132 cm³/mol. The summed E-state index contributed by atoms with van der Waals surface area (Å²) in [7, 11) is -2.11. The maximum atomic E-state index is 13.8. The minimum absolute atomic E-state index is 0.110. The maximum Gasteiger partial charge on any atom is 0.243 e. The number of hydrogen-bond donors (Lipinski definition) is 0. The highest BCUT2D eigenvalue weighted by atomic mass is 32.2. The molecule has 33 heavy (non-hydrogen) atoms. The zero-order valence-electron chi connectivity index (χ0n) is 19.3. The van der Waals surface area contributed by atoms with E-state index in [0.29, 0.717) is 37.7 Å². The number of aryl methyl sites for hydroxylation is 1. The van der Waals surface area contributed by atoms with E-state index < -0.39 is 16.1 Å². The van der Waals surface area contributed by atoms with Crippen molar-refractivity contribution in [2.45, 2.75) is 55.3 Å². The van der Waals surface area contributed by atoms with Crippen molar-refractivity contribution in [1.29, 1.82) is 0 Å². The van der Waals surface area contributed by atoms with Gasteiger partial charge in [0.05, 0.1) is 12.0 Å². The van der Waals surface area contributed by atoms with E-state index in [4.69, 9.17) is 4.74 Å². The first-order chi connectivity index (χ1) is 15.9. The van der Waals surface area contributed by atoms with Crippen LogP contribution in [0, 0.1) is 6.92 Å². The molecule has 2 aliphatic heterocycles. The minimum Gasteiger partial charge on any atom is -0.496 e. The van der Waals surface area contributed by atoms with Crippen molar-refractivity contribution in [3.05, 3.63) is 59.7 Å². The number of carbonyl (C=O) groups is 1. The normalized spacial score (nSPS) is 21.3. The van der Waals surface area contributed by atoms with Gasteiger partial charge in [-0.15, -0.1) is 0 Å². The van der Waals surface area contributed by atoms with Gasteiger partial charge in [0.25, 0.3) is 0 Å². The topological polar surface area (TPSA) is 66.9 Å². The van der Waals surface area contributed by atoms with Crippen molar-refractivity contribution in [3.8, 4) is 5.75 Å². The average molecular weight is 489 g/mol. The molecule has 2 fully saturated rings. The first-order valence-corrected chi connectivity index (χ1v) is 14.0. The minimum atomic E-state index is -3.74. The Hall–Kier alpha value is -2.03. The number of hydrogen-bond acceptors (Lipinski definition) is 5. The molecule has 2 aromatic rings. The lowest BCUT2D eigenvalue weighted by Gasteiger charge is -2.32. The summed E-state index contributed by atoms with van der Waals surface area (Å²) in [5.41, 5.74) is 1.93. The molecule has 0 N–H and O–H groups in total. The summed E-state index contributed by atoms with van der Waals surface area (Å²) in [5.74, 6) is 1.74. The number of ether oxygens (including phenoxy) is 1. The molecule has 2 aliphatic rings. The third-order valence-electron chi connectivity index (χ3n) is 6.43. The third kappa shape index (κ3) is 5.39. The summed E-state index contributed by atoms with van der Waals surface area (Å²) in [4.78, 5) is 16.0. The monoisotopic (exact) mass is 488 g/mol. The lowest BCUT2D eigenvalue weighted by atomic mass is 10.1. The van der Waals surface area contributed by atoms with Crippen LogP contribution >= 0.6 is 11.8 Å². The summed E-state index contributed by atoms with van der Waals surface area (Å²) < 4.78 is 33.8. The second-order valence-corrected chi connectivity index (χ2v) is 12.1. The molecule has 2 saturated heterocycles. The Morgan fingerprint density at radius 2 is 1.88 bits per heavy atom. The van der Waals surface area contributed by atoms with E-state index in [1.165, 1.54) is 4.31 Å². The van der Waals surface area contributed by atoms with Gasteiger partial charge in [-0.1, -0.05) is 35.9 Å².